The average Bonchev–Trinajstić information content (AvgIpc) is 2.39. The first-order chi connectivity index (χ1) is 8.94. The summed E-state index contributed by atoms with van der Waals surface area (Å²) in [6, 6.07) is 5.71. The van der Waals surface area contributed by atoms with Gasteiger partial charge in [0, 0.05) is 12.0 Å². The van der Waals surface area contributed by atoms with Crippen molar-refractivity contribution >= 4 is 15.9 Å². The summed E-state index contributed by atoms with van der Waals surface area (Å²) in [6.45, 7) is 4.75. The van der Waals surface area contributed by atoms with Crippen LogP contribution in [0.25, 0.3) is 0 Å². The maximum Gasteiger partial charge on any atom is 0.133 e. The average molecular weight is 332 g/mol. The summed E-state index contributed by atoms with van der Waals surface area (Å²) in [5.74, 6) is 0.802. The van der Waals surface area contributed by atoms with Gasteiger partial charge in [-0.05, 0) is 33.6 Å². The second-order valence-corrected chi connectivity index (χ2v) is 6.03. The summed E-state index contributed by atoms with van der Waals surface area (Å²) in [7, 11) is 1.64. The molecule has 0 bridgehead atoms. The van der Waals surface area contributed by atoms with E-state index >= 15 is 0 Å². The van der Waals surface area contributed by atoms with Crippen LogP contribution in [-0.4, -0.2) is 43.1 Å². The van der Waals surface area contributed by atoms with Crippen LogP contribution in [0.1, 0.15) is 19.4 Å². The summed E-state index contributed by atoms with van der Waals surface area (Å²) >= 11 is 3.48. The van der Waals surface area contributed by atoms with E-state index in [-0.39, 0.29) is 24.7 Å². The van der Waals surface area contributed by atoms with Gasteiger partial charge in [0.15, 0.2) is 0 Å². The van der Waals surface area contributed by atoms with E-state index in [1.54, 1.807) is 7.11 Å². The molecule has 108 valence electrons. The number of aliphatic hydroxyl groups excluding tert-OH is 2. The maximum absolute atomic E-state index is 9.06. The van der Waals surface area contributed by atoms with Gasteiger partial charge in [-0.25, -0.2) is 0 Å². The molecule has 0 atom stereocenters. The third kappa shape index (κ3) is 4.45. The molecule has 0 fully saturated rings. The number of halogens is 1. The van der Waals surface area contributed by atoms with Gasteiger partial charge in [0.1, 0.15) is 5.75 Å². The van der Waals surface area contributed by atoms with Crippen molar-refractivity contribution in [3.05, 3.63) is 28.2 Å². The van der Waals surface area contributed by atoms with Crippen molar-refractivity contribution in [3.63, 3.8) is 0 Å². The van der Waals surface area contributed by atoms with E-state index in [4.69, 9.17) is 14.9 Å². The Morgan fingerprint density at radius 3 is 2.42 bits per heavy atom. The van der Waals surface area contributed by atoms with Crippen LogP contribution in [0, 0.1) is 0 Å². The van der Waals surface area contributed by atoms with Crippen LogP contribution >= 0.6 is 15.9 Å². The zero-order valence-corrected chi connectivity index (χ0v) is 13.2. The Bertz CT molecular complexity index is 406. The van der Waals surface area contributed by atoms with Crippen molar-refractivity contribution < 1.29 is 14.9 Å². The van der Waals surface area contributed by atoms with Crippen LogP contribution in [0.2, 0.25) is 0 Å². The molecular formula is C14H22BrNO3. The van der Waals surface area contributed by atoms with Crippen LogP contribution in [0.15, 0.2) is 22.7 Å². The number of ether oxygens (including phenoxy) is 1. The molecule has 0 saturated heterocycles. The summed E-state index contributed by atoms with van der Waals surface area (Å²) in [4.78, 5) is 0. The molecule has 3 N–H and O–H groups in total. The zero-order valence-electron chi connectivity index (χ0n) is 11.6. The summed E-state index contributed by atoms with van der Waals surface area (Å²) in [5.41, 5.74) is 1.04. The van der Waals surface area contributed by atoms with E-state index in [1.165, 1.54) is 0 Å². The molecule has 1 aromatic carbocycles. The van der Waals surface area contributed by atoms with Crippen molar-refractivity contribution in [1.82, 2.24) is 5.32 Å². The molecule has 19 heavy (non-hydrogen) atoms. The van der Waals surface area contributed by atoms with Gasteiger partial charge < -0.3 is 20.3 Å². The Kier molecular flexibility index (Phi) is 6.26. The van der Waals surface area contributed by atoms with Crippen LogP contribution in [0.4, 0.5) is 0 Å². The largest absolute Gasteiger partial charge is 0.496 e. The van der Waals surface area contributed by atoms with E-state index in [2.05, 4.69) is 35.1 Å². The minimum absolute atomic E-state index is 0.0705. The smallest absolute Gasteiger partial charge is 0.133 e. The quantitative estimate of drug-likeness (QED) is 0.711. The third-order valence-corrected chi connectivity index (χ3v) is 3.83. The summed E-state index contributed by atoms with van der Waals surface area (Å²) in [5, 5.41) is 21.3. The highest BCUT2D eigenvalue weighted by Crippen LogP contribution is 2.31. The first-order valence-corrected chi connectivity index (χ1v) is 7.03. The standard InChI is InChI=1S/C14H22BrNO3/c1-14(2,9-16-11(7-17)8-18)10-4-5-13(19-3)12(15)6-10/h4-6,11,16-18H,7-9H2,1-3H3. The highest BCUT2D eigenvalue weighted by Gasteiger charge is 2.22. The van der Waals surface area contributed by atoms with Crippen LogP contribution in [0.5, 0.6) is 5.75 Å². The van der Waals surface area contributed by atoms with E-state index in [0.29, 0.717) is 6.54 Å². The highest BCUT2D eigenvalue weighted by atomic mass is 79.9. The normalized spacial score (nSPS) is 11.9. The molecule has 5 heteroatoms. The van der Waals surface area contributed by atoms with E-state index in [0.717, 1.165) is 15.8 Å². The lowest BCUT2D eigenvalue weighted by Gasteiger charge is -2.28. The highest BCUT2D eigenvalue weighted by molar-refractivity contribution is 9.10. The molecule has 0 aliphatic heterocycles. The summed E-state index contributed by atoms with van der Waals surface area (Å²) in [6.07, 6.45) is 0. The fraction of sp³-hybridized carbons (Fsp3) is 0.571. The number of rotatable bonds is 7. The molecule has 0 aromatic heterocycles. The zero-order chi connectivity index (χ0) is 14.5. The Morgan fingerprint density at radius 1 is 1.32 bits per heavy atom. The lowest BCUT2D eigenvalue weighted by molar-refractivity contribution is 0.166. The molecule has 1 rings (SSSR count). The van der Waals surface area contributed by atoms with Crippen LogP contribution in [0.3, 0.4) is 0 Å². The number of hydrogen-bond acceptors (Lipinski definition) is 4. The van der Waals surface area contributed by atoms with E-state index in [9.17, 15) is 0 Å². The van der Waals surface area contributed by atoms with Gasteiger partial charge in [0.25, 0.3) is 0 Å². The molecule has 0 amide bonds. The van der Waals surface area contributed by atoms with Gasteiger partial charge in [-0.3, -0.25) is 0 Å². The number of aliphatic hydroxyl groups is 2. The van der Waals surface area contributed by atoms with E-state index < -0.39 is 0 Å². The van der Waals surface area contributed by atoms with Crippen molar-refractivity contribution in [2.75, 3.05) is 26.9 Å². The molecule has 0 heterocycles. The lowest BCUT2D eigenvalue weighted by atomic mass is 9.84. The van der Waals surface area contributed by atoms with Crippen LogP contribution in [-0.2, 0) is 5.41 Å². The predicted molar refractivity (Wildman–Crippen MR) is 79.7 cm³/mol. The van der Waals surface area contributed by atoms with Crippen molar-refractivity contribution in [2.45, 2.75) is 25.3 Å². The minimum Gasteiger partial charge on any atom is -0.496 e. The van der Waals surface area contributed by atoms with E-state index in [1.807, 2.05) is 18.2 Å². The lowest BCUT2D eigenvalue weighted by Crippen LogP contribution is -2.43. The second kappa shape index (κ2) is 7.24. The number of methoxy groups -OCH3 is 1. The molecule has 0 aliphatic rings. The first kappa shape index (κ1) is 16.4. The number of nitrogens with one attached hydrogen (secondary N) is 1. The Balaban J connectivity index is 2.79. The SMILES string of the molecule is COc1ccc(C(C)(C)CNC(CO)CO)cc1Br. The van der Waals surface area contributed by atoms with Crippen molar-refractivity contribution in [1.29, 1.82) is 0 Å². The molecule has 0 aliphatic carbocycles. The Morgan fingerprint density at radius 2 is 1.95 bits per heavy atom. The molecule has 4 nitrogen and oxygen atoms in total. The van der Waals surface area contributed by atoms with Crippen LogP contribution < -0.4 is 10.1 Å². The Hall–Kier alpha value is -0.620. The first-order valence-electron chi connectivity index (χ1n) is 6.23. The minimum atomic E-state index is -0.277. The van der Waals surface area contributed by atoms with Gasteiger partial charge in [-0.2, -0.15) is 0 Å². The van der Waals surface area contributed by atoms with Gasteiger partial charge in [-0.1, -0.05) is 19.9 Å². The fourth-order valence-electron chi connectivity index (χ4n) is 1.78. The number of benzene rings is 1. The van der Waals surface area contributed by atoms with Crippen molar-refractivity contribution in [2.24, 2.45) is 0 Å². The number of hydrogen-bond donors (Lipinski definition) is 3. The molecular weight excluding hydrogens is 310 g/mol. The maximum atomic E-state index is 9.06. The molecule has 0 radical (unpaired) electrons. The molecule has 0 saturated carbocycles. The fourth-order valence-corrected chi connectivity index (χ4v) is 2.32. The second-order valence-electron chi connectivity index (χ2n) is 5.18. The third-order valence-electron chi connectivity index (χ3n) is 3.21. The molecule has 0 spiro atoms. The Labute approximate surface area is 122 Å². The van der Waals surface area contributed by atoms with Gasteiger partial charge in [0.2, 0.25) is 0 Å². The summed E-state index contributed by atoms with van der Waals surface area (Å²) < 4.78 is 6.14. The topological polar surface area (TPSA) is 61.7 Å². The van der Waals surface area contributed by atoms with Gasteiger partial charge >= 0.3 is 0 Å². The molecule has 1 aromatic rings. The predicted octanol–water partition coefficient (Wildman–Crippen LogP) is 1.68. The van der Waals surface area contributed by atoms with Crippen molar-refractivity contribution in [3.8, 4) is 5.75 Å². The monoisotopic (exact) mass is 331 g/mol. The molecule has 0 unspecified atom stereocenters. The van der Waals surface area contributed by atoms with Gasteiger partial charge in [-0.15, -0.1) is 0 Å². The van der Waals surface area contributed by atoms with Gasteiger partial charge in [0.05, 0.1) is 30.8 Å².